The number of aryl methyl sites for hydroxylation is 1. The minimum atomic E-state index is 0.775. The molecular weight excluding hydrogens is 298 g/mol. The molecule has 1 N–H and O–H groups in total. The molecule has 2 aromatic rings. The lowest BCUT2D eigenvalue weighted by Gasteiger charge is -2.34. The van der Waals surface area contributed by atoms with Crippen LogP contribution in [0.2, 0.25) is 0 Å². The van der Waals surface area contributed by atoms with Crippen LogP contribution in [-0.2, 0) is 19.6 Å². The smallest absolute Gasteiger partial charge is 0.117 e. The zero-order valence-electron chi connectivity index (χ0n) is 14.9. The Balaban J connectivity index is 1.42. The summed E-state index contributed by atoms with van der Waals surface area (Å²) in [6, 6.07) is 13.0. The minimum absolute atomic E-state index is 0.775. The average molecular weight is 327 g/mol. The van der Waals surface area contributed by atoms with E-state index in [9.17, 15) is 0 Å². The van der Waals surface area contributed by atoms with E-state index in [0.29, 0.717) is 0 Å². The normalized spacial score (nSPS) is 16.6. The maximum atomic E-state index is 5.57. The Bertz CT molecular complexity index is 612. The van der Waals surface area contributed by atoms with Crippen molar-refractivity contribution in [2.45, 2.75) is 33.5 Å². The first-order valence-corrected chi connectivity index (χ1v) is 9.01. The molecule has 24 heavy (non-hydrogen) atoms. The summed E-state index contributed by atoms with van der Waals surface area (Å²) in [4.78, 5) is 5.07. The van der Waals surface area contributed by atoms with Gasteiger partial charge in [0.05, 0.1) is 6.54 Å². The van der Waals surface area contributed by atoms with Crippen molar-refractivity contribution in [2.75, 3.05) is 32.7 Å². The molecule has 1 aliphatic rings. The van der Waals surface area contributed by atoms with E-state index in [1.165, 1.54) is 43.9 Å². The Morgan fingerprint density at radius 3 is 2.17 bits per heavy atom. The molecule has 0 bridgehead atoms. The van der Waals surface area contributed by atoms with Gasteiger partial charge in [0.25, 0.3) is 0 Å². The Labute approximate surface area is 145 Å². The molecule has 0 atom stereocenters. The van der Waals surface area contributed by atoms with Crippen LogP contribution < -0.4 is 5.32 Å². The zero-order chi connectivity index (χ0) is 16.8. The summed E-state index contributed by atoms with van der Waals surface area (Å²) in [5, 5.41) is 3.43. The number of nitrogens with one attached hydrogen (secondary N) is 1. The first-order valence-electron chi connectivity index (χ1n) is 9.01. The van der Waals surface area contributed by atoms with Crippen LogP contribution in [0, 0.1) is 6.92 Å². The standard InChI is InChI=1S/C20H29N3O/c1-3-22-10-12-23(13-11-22)16-19-7-5-18(6-8-19)14-21-15-20-9-4-17(2)24-20/h4-9,21H,3,10-16H2,1-2H3. The molecule has 1 fully saturated rings. The fourth-order valence-electron chi connectivity index (χ4n) is 3.19. The van der Waals surface area contributed by atoms with Crippen LogP contribution in [0.4, 0.5) is 0 Å². The molecule has 4 heteroatoms. The number of nitrogens with zero attached hydrogens (tertiary/aromatic N) is 2. The number of hydrogen-bond acceptors (Lipinski definition) is 4. The van der Waals surface area contributed by atoms with E-state index in [2.05, 4.69) is 46.3 Å². The average Bonchev–Trinajstić information content (AvgIpc) is 3.02. The van der Waals surface area contributed by atoms with Gasteiger partial charge in [-0.15, -0.1) is 0 Å². The maximum Gasteiger partial charge on any atom is 0.117 e. The molecule has 1 aliphatic heterocycles. The van der Waals surface area contributed by atoms with E-state index in [0.717, 1.165) is 31.2 Å². The minimum Gasteiger partial charge on any atom is -0.465 e. The summed E-state index contributed by atoms with van der Waals surface area (Å²) < 4.78 is 5.57. The number of benzene rings is 1. The van der Waals surface area contributed by atoms with Crippen LogP contribution in [0.1, 0.15) is 29.6 Å². The molecule has 0 unspecified atom stereocenters. The van der Waals surface area contributed by atoms with Crippen LogP contribution in [0.15, 0.2) is 40.8 Å². The molecular formula is C20H29N3O. The molecule has 0 radical (unpaired) electrons. The highest BCUT2D eigenvalue weighted by molar-refractivity contribution is 5.22. The number of hydrogen-bond donors (Lipinski definition) is 1. The number of furan rings is 1. The van der Waals surface area contributed by atoms with Crippen LogP contribution in [-0.4, -0.2) is 42.5 Å². The lowest BCUT2D eigenvalue weighted by molar-refractivity contribution is 0.132. The Morgan fingerprint density at radius 1 is 0.875 bits per heavy atom. The van der Waals surface area contributed by atoms with Crippen molar-refractivity contribution >= 4 is 0 Å². The van der Waals surface area contributed by atoms with Crippen molar-refractivity contribution in [3.8, 4) is 0 Å². The fraction of sp³-hybridized carbons (Fsp3) is 0.500. The fourth-order valence-corrected chi connectivity index (χ4v) is 3.19. The van der Waals surface area contributed by atoms with Crippen molar-refractivity contribution in [3.05, 3.63) is 59.0 Å². The van der Waals surface area contributed by atoms with Gasteiger partial charge in [0.1, 0.15) is 11.5 Å². The highest BCUT2D eigenvalue weighted by Crippen LogP contribution is 2.11. The molecule has 2 heterocycles. The first kappa shape index (κ1) is 17.2. The molecule has 1 saturated heterocycles. The third-order valence-corrected chi connectivity index (χ3v) is 4.77. The summed E-state index contributed by atoms with van der Waals surface area (Å²) >= 11 is 0. The summed E-state index contributed by atoms with van der Waals surface area (Å²) in [6.45, 7) is 12.9. The number of piperazine rings is 1. The Hall–Kier alpha value is -1.62. The van der Waals surface area contributed by atoms with E-state index >= 15 is 0 Å². The van der Waals surface area contributed by atoms with Crippen molar-refractivity contribution in [1.82, 2.24) is 15.1 Å². The molecule has 0 aliphatic carbocycles. The van der Waals surface area contributed by atoms with Gasteiger partial charge in [0, 0.05) is 39.3 Å². The van der Waals surface area contributed by atoms with Crippen molar-refractivity contribution in [1.29, 1.82) is 0 Å². The van der Waals surface area contributed by atoms with Crippen LogP contribution in [0.25, 0.3) is 0 Å². The molecule has 0 spiro atoms. The second kappa shape index (κ2) is 8.47. The lowest BCUT2D eigenvalue weighted by atomic mass is 10.1. The van der Waals surface area contributed by atoms with E-state index in [1.807, 2.05) is 19.1 Å². The SMILES string of the molecule is CCN1CCN(Cc2ccc(CNCc3ccc(C)o3)cc2)CC1. The van der Waals surface area contributed by atoms with E-state index in [1.54, 1.807) is 0 Å². The van der Waals surface area contributed by atoms with Crippen molar-refractivity contribution in [3.63, 3.8) is 0 Å². The second-order valence-corrected chi connectivity index (χ2v) is 6.64. The zero-order valence-corrected chi connectivity index (χ0v) is 14.9. The van der Waals surface area contributed by atoms with Gasteiger partial charge in [0.15, 0.2) is 0 Å². The van der Waals surface area contributed by atoms with Gasteiger partial charge in [0.2, 0.25) is 0 Å². The van der Waals surface area contributed by atoms with Crippen LogP contribution >= 0.6 is 0 Å². The third kappa shape index (κ3) is 4.94. The molecule has 1 aromatic carbocycles. The van der Waals surface area contributed by atoms with E-state index < -0.39 is 0 Å². The Morgan fingerprint density at radius 2 is 1.54 bits per heavy atom. The highest BCUT2D eigenvalue weighted by Gasteiger charge is 2.15. The third-order valence-electron chi connectivity index (χ3n) is 4.77. The summed E-state index contributed by atoms with van der Waals surface area (Å²) in [6.07, 6.45) is 0. The first-order chi connectivity index (χ1) is 11.7. The summed E-state index contributed by atoms with van der Waals surface area (Å²) in [7, 11) is 0. The predicted molar refractivity (Wildman–Crippen MR) is 97.8 cm³/mol. The molecule has 0 saturated carbocycles. The van der Waals surface area contributed by atoms with Gasteiger partial charge < -0.3 is 14.6 Å². The van der Waals surface area contributed by atoms with Crippen LogP contribution in [0.3, 0.4) is 0 Å². The van der Waals surface area contributed by atoms with Crippen molar-refractivity contribution in [2.24, 2.45) is 0 Å². The Kier molecular flexibility index (Phi) is 6.07. The van der Waals surface area contributed by atoms with Gasteiger partial charge in [-0.2, -0.15) is 0 Å². The van der Waals surface area contributed by atoms with E-state index in [-0.39, 0.29) is 0 Å². The molecule has 1 aromatic heterocycles. The number of rotatable bonds is 7. The van der Waals surface area contributed by atoms with Gasteiger partial charge in [-0.1, -0.05) is 31.2 Å². The van der Waals surface area contributed by atoms with Crippen LogP contribution in [0.5, 0.6) is 0 Å². The van der Waals surface area contributed by atoms with Crippen molar-refractivity contribution < 1.29 is 4.42 Å². The van der Waals surface area contributed by atoms with Gasteiger partial charge >= 0.3 is 0 Å². The maximum absolute atomic E-state index is 5.57. The summed E-state index contributed by atoms with van der Waals surface area (Å²) in [5.74, 6) is 1.96. The largest absolute Gasteiger partial charge is 0.465 e. The predicted octanol–water partition coefficient (Wildman–Crippen LogP) is 3.02. The van der Waals surface area contributed by atoms with Gasteiger partial charge in [-0.25, -0.2) is 0 Å². The molecule has 4 nitrogen and oxygen atoms in total. The highest BCUT2D eigenvalue weighted by atomic mass is 16.3. The monoisotopic (exact) mass is 327 g/mol. The number of likely N-dealkylation sites (N-methyl/N-ethyl adjacent to an activating group) is 1. The summed E-state index contributed by atoms with van der Waals surface area (Å²) in [5.41, 5.74) is 2.73. The lowest BCUT2D eigenvalue weighted by Crippen LogP contribution is -2.45. The molecule has 3 rings (SSSR count). The molecule has 0 amide bonds. The topological polar surface area (TPSA) is 31.6 Å². The van der Waals surface area contributed by atoms with E-state index in [4.69, 9.17) is 4.42 Å². The van der Waals surface area contributed by atoms with Gasteiger partial charge in [-0.05, 0) is 36.7 Å². The quantitative estimate of drug-likeness (QED) is 0.847. The molecule has 130 valence electrons. The van der Waals surface area contributed by atoms with Gasteiger partial charge in [-0.3, -0.25) is 4.90 Å². The second-order valence-electron chi connectivity index (χ2n) is 6.64.